The fourth-order valence-corrected chi connectivity index (χ4v) is 4.24. The van der Waals surface area contributed by atoms with Crippen molar-refractivity contribution in [2.45, 2.75) is 33.1 Å². The number of hydrogen-bond donors (Lipinski definition) is 0. The van der Waals surface area contributed by atoms with E-state index in [2.05, 4.69) is 0 Å². The highest BCUT2D eigenvalue weighted by molar-refractivity contribution is 6.16. The van der Waals surface area contributed by atoms with E-state index in [0.29, 0.717) is 27.8 Å². The summed E-state index contributed by atoms with van der Waals surface area (Å²) in [5, 5.41) is 0. The summed E-state index contributed by atoms with van der Waals surface area (Å²) < 4.78 is 21.0. The number of ketones is 1. The summed E-state index contributed by atoms with van der Waals surface area (Å²) in [6.45, 7) is 6.09. The lowest BCUT2D eigenvalue weighted by Crippen LogP contribution is -2.47. The summed E-state index contributed by atoms with van der Waals surface area (Å²) in [5.41, 5.74) is 0.813. The Labute approximate surface area is 203 Å². The summed E-state index contributed by atoms with van der Waals surface area (Å²) in [7, 11) is 0. The lowest BCUT2D eigenvalue weighted by Gasteiger charge is -2.29. The number of hydrogen-bond acceptors (Lipinski definition) is 8. The molecule has 8 nitrogen and oxygen atoms in total. The Morgan fingerprint density at radius 2 is 1.31 bits per heavy atom. The second-order valence-electron chi connectivity index (χ2n) is 7.70. The standard InChI is InChI=1S/C27H28O8/c1-5-32-24(29)27(25(30)33-6-2)21-11-9-8-10-20(21)23(22(27)16-35-26(31)34-7-3)19-14-12-18(13-15-19)17(4)28/h8-15H,5-7,16H2,1-4H3. The van der Waals surface area contributed by atoms with Gasteiger partial charge in [0.25, 0.3) is 0 Å². The fourth-order valence-electron chi connectivity index (χ4n) is 4.24. The molecule has 0 aliphatic heterocycles. The normalized spacial score (nSPS) is 13.6. The highest BCUT2D eigenvalue weighted by atomic mass is 16.7. The van der Waals surface area contributed by atoms with Gasteiger partial charge in [-0.15, -0.1) is 0 Å². The van der Waals surface area contributed by atoms with Crippen molar-refractivity contribution in [3.05, 3.63) is 76.4 Å². The third kappa shape index (κ3) is 4.69. The number of rotatable bonds is 9. The van der Waals surface area contributed by atoms with Gasteiger partial charge < -0.3 is 18.9 Å². The van der Waals surface area contributed by atoms with Gasteiger partial charge in [-0.25, -0.2) is 4.79 Å². The molecule has 0 aromatic heterocycles. The first-order chi connectivity index (χ1) is 16.8. The van der Waals surface area contributed by atoms with Crippen LogP contribution in [0.4, 0.5) is 4.79 Å². The predicted octanol–water partition coefficient (Wildman–Crippen LogP) is 4.24. The van der Waals surface area contributed by atoms with Crippen LogP contribution >= 0.6 is 0 Å². The summed E-state index contributed by atoms with van der Waals surface area (Å²) in [6, 6.07) is 13.7. The van der Waals surface area contributed by atoms with Gasteiger partial charge in [0, 0.05) is 11.1 Å². The minimum atomic E-state index is -1.98. The molecular formula is C27H28O8. The topological polar surface area (TPSA) is 105 Å². The van der Waals surface area contributed by atoms with Gasteiger partial charge in [-0.1, -0.05) is 48.5 Å². The van der Waals surface area contributed by atoms with Gasteiger partial charge in [-0.2, -0.15) is 0 Å². The summed E-state index contributed by atoms with van der Waals surface area (Å²) in [4.78, 5) is 51.0. The highest BCUT2D eigenvalue weighted by Gasteiger charge is 2.59. The smallest absolute Gasteiger partial charge is 0.465 e. The predicted molar refractivity (Wildman–Crippen MR) is 127 cm³/mol. The van der Waals surface area contributed by atoms with Crippen molar-refractivity contribution in [2.75, 3.05) is 26.4 Å². The zero-order chi connectivity index (χ0) is 25.6. The van der Waals surface area contributed by atoms with Crippen molar-refractivity contribution in [3.63, 3.8) is 0 Å². The maximum atomic E-state index is 13.6. The third-order valence-electron chi connectivity index (χ3n) is 5.69. The van der Waals surface area contributed by atoms with E-state index in [1.165, 1.54) is 6.92 Å². The van der Waals surface area contributed by atoms with Crippen LogP contribution in [0.15, 0.2) is 54.1 Å². The maximum absolute atomic E-state index is 13.6. The van der Waals surface area contributed by atoms with E-state index in [4.69, 9.17) is 18.9 Å². The second-order valence-corrected chi connectivity index (χ2v) is 7.70. The molecule has 0 saturated heterocycles. The van der Waals surface area contributed by atoms with Gasteiger partial charge in [-0.3, -0.25) is 14.4 Å². The van der Waals surface area contributed by atoms with E-state index < -0.39 is 30.1 Å². The second kappa shape index (κ2) is 11.0. The Bertz CT molecular complexity index is 1140. The number of esters is 2. The van der Waals surface area contributed by atoms with Crippen molar-refractivity contribution in [2.24, 2.45) is 0 Å². The SMILES string of the molecule is CCOC(=O)OCC1=C(c2ccc(C(C)=O)cc2)c2ccccc2C1(C(=O)OCC)C(=O)OCC. The van der Waals surface area contributed by atoms with Crippen LogP contribution in [0.1, 0.15) is 54.7 Å². The molecular weight excluding hydrogens is 452 g/mol. The van der Waals surface area contributed by atoms with Gasteiger partial charge in [0.15, 0.2) is 5.78 Å². The van der Waals surface area contributed by atoms with E-state index in [9.17, 15) is 19.2 Å². The van der Waals surface area contributed by atoms with Crippen molar-refractivity contribution in [1.82, 2.24) is 0 Å². The Balaban J connectivity index is 2.34. The molecule has 35 heavy (non-hydrogen) atoms. The molecule has 0 heterocycles. The Morgan fingerprint density at radius 1 is 0.743 bits per heavy atom. The molecule has 0 radical (unpaired) electrons. The molecule has 1 aliphatic rings. The van der Waals surface area contributed by atoms with Crippen LogP contribution in [-0.2, 0) is 34.0 Å². The van der Waals surface area contributed by atoms with Crippen molar-refractivity contribution >= 4 is 29.5 Å². The van der Waals surface area contributed by atoms with Crippen LogP contribution in [0, 0.1) is 0 Å². The van der Waals surface area contributed by atoms with Crippen molar-refractivity contribution in [3.8, 4) is 0 Å². The average molecular weight is 481 g/mol. The largest absolute Gasteiger partial charge is 0.508 e. The highest BCUT2D eigenvalue weighted by Crippen LogP contribution is 2.50. The molecule has 0 unspecified atom stereocenters. The first-order valence-electron chi connectivity index (χ1n) is 11.4. The number of carbonyl (C=O) groups is 4. The first kappa shape index (κ1) is 25.7. The van der Waals surface area contributed by atoms with Gasteiger partial charge in [0.05, 0.1) is 19.8 Å². The molecule has 0 spiro atoms. The Kier molecular flexibility index (Phi) is 8.06. The van der Waals surface area contributed by atoms with Crippen LogP contribution in [0.5, 0.6) is 0 Å². The van der Waals surface area contributed by atoms with Crippen molar-refractivity contribution < 1.29 is 38.1 Å². The van der Waals surface area contributed by atoms with Gasteiger partial charge in [-0.05, 0) is 50.0 Å². The van der Waals surface area contributed by atoms with Crippen molar-refractivity contribution in [1.29, 1.82) is 0 Å². The minimum Gasteiger partial charge on any atom is -0.465 e. The number of fused-ring (bicyclic) bond motifs is 1. The molecule has 8 heteroatoms. The zero-order valence-electron chi connectivity index (χ0n) is 20.2. The van der Waals surface area contributed by atoms with Crippen LogP contribution in [-0.4, -0.2) is 50.3 Å². The van der Waals surface area contributed by atoms with Gasteiger partial charge >= 0.3 is 18.1 Å². The lowest BCUT2D eigenvalue weighted by atomic mass is 9.77. The summed E-state index contributed by atoms with van der Waals surface area (Å²) >= 11 is 0. The average Bonchev–Trinajstić information content (AvgIpc) is 3.14. The van der Waals surface area contributed by atoms with Gasteiger partial charge in [0.1, 0.15) is 6.61 Å². The molecule has 0 saturated carbocycles. The van der Waals surface area contributed by atoms with E-state index in [0.717, 1.165) is 0 Å². The monoisotopic (exact) mass is 480 g/mol. The van der Waals surface area contributed by atoms with Crippen LogP contribution in [0.3, 0.4) is 0 Å². The van der Waals surface area contributed by atoms with Crippen LogP contribution < -0.4 is 0 Å². The maximum Gasteiger partial charge on any atom is 0.508 e. The quantitative estimate of drug-likeness (QED) is 0.227. The molecule has 184 valence electrons. The molecule has 0 N–H and O–H groups in total. The van der Waals surface area contributed by atoms with E-state index in [1.807, 2.05) is 0 Å². The van der Waals surface area contributed by atoms with E-state index in [1.54, 1.807) is 69.3 Å². The number of carbonyl (C=O) groups excluding carboxylic acids is 4. The van der Waals surface area contributed by atoms with Gasteiger partial charge in [0.2, 0.25) is 5.41 Å². The van der Waals surface area contributed by atoms with Crippen LogP contribution in [0.2, 0.25) is 0 Å². The lowest BCUT2D eigenvalue weighted by molar-refractivity contribution is -0.162. The zero-order valence-corrected chi connectivity index (χ0v) is 20.2. The molecule has 3 rings (SSSR count). The molecule has 0 amide bonds. The van der Waals surface area contributed by atoms with E-state index in [-0.39, 0.29) is 31.2 Å². The number of benzene rings is 2. The molecule has 0 bridgehead atoms. The Morgan fingerprint density at radius 3 is 1.86 bits per heavy atom. The minimum absolute atomic E-state index is 0.0246. The summed E-state index contributed by atoms with van der Waals surface area (Å²) in [5.74, 6) is -1.76. The number of Topliss-reactive ketones (excluding diaryl/α,β-unsaturated/α-hetero) is 1. The molecule has 0 atom stereocenters. The van der Waals surface area contributed by atoms with E-state index >= 15 is 0 Å². The Hall–Kier alpha value is -3.94. The first-order valence-corrected chi connectivity index (χ1v) is 11.4. The number of ether oxygens (including phenoxy) is 4. The summed E-state index contributed by atoms with van der Waals surface area (Å²) in [6.07, 6.45) is -0.941. The van der Waals surface area contributed by atoms with Crippen LogP contribution in [0.25, 0.3) is 5.57 Å². The molecule has 2 aromatic rings. The fraction of sp³-hybridized carbons (Fsp3) is 0.333. The third-order valence-corrected chi connectivity index (χ3v) is 5.69. The molecule has 2 aromatic carbocycles. The molecule has 0 fully saturated rings. The molecule has 1 aliphatic carbocycles.